The van der Waals surface area contributed by atoms with Crippen molar-refractivity contribution in [1.29, 1.82) is 0 Å². The maximum atomic E-state index is 2.55. The molecule has 2 aliphatic rings. The van der Waals surface area contributed by atoms with E-state index in [0.29, 0.717) is 0 Å². The average Bonchev–Trinajstić information content (AvgIpc) is 3.59. The molecule has 2 heterocycles. The van der Waals surface area contributed by atoms with Gasteiger partial charge < -0.3 is 4.40 Å². The number of benzene rings is 5. The first-order valence-electron chi connectivity index (χ1n) is 12.5. The zero-order chi connectivity index (χ0) is 22.7. The van der Waals surface area contributed by atoms with Crippen molar-refractivity contribution in [3.63, 3.8) is 0 Å². The summed E-state index contributed by atoms with van der Waals surface area (Å²) in [5.74, 6) is 0. The molecule has 0 saturated carbocycles. The Bertz CT molecular complexity index is 2050. The smallest absolute Gasteiger partial charge is 0.0582 e. The lowest BCUT2D eigenvalue weighted by molar-refractivity contribution is 1.24. The molecule has 35 heavy (non-hydrogen) atoms. The van der Waals surface area contributed by atoms with Crippen molar-refractivity contribution >= 4 is 38.1 Å². The summed E-state index contributed by atoms with van der Waals surface area (Å²) in [6.07, 6.45) is 2.00. The van der Waals surface area contributed by atoms with Gasteiger partial charge in [0.05, 0.1) is 16.6 Å². The highest BCUT2D eigenvalue weighted by atomic mass is 14.9. The molecule has 1 nitrogen and oxygen atoms in total. The third-order valence-electron chi connectivity index (χ3n) is 8.42. The number of nitrogens with zero attached hydrogens (tertiary/aromatic N) is 1. The first-order valence-corrected chi connectivity index (χ1v) is 12.5. The number of hydrogen-bond acceptors (Lipinski definition) is 0. The SMILES string of the molecule is c1ccc2c(c1)Cc1c-2ccc2c1c1ccc3c(c1n1c4ccccc4cc21)Cc1ccccc1-3. The quantitative estimate of drug-likeness (QED) is 0.207. The predicted molar refractivity (Wildman–Crippen MR) is 146 cm³/mol. The second-order valence-electron chi connectivity index (χ2n) is 10.1. The molecule has 1 heteroatoms. The van der Waals surface area contributed by atoms with E-state index in [9.17, 15) is 0 Å². The third kappa shape index (κ3) is 2.15. The lowest BCUT2D eigenvalue weighted by Gasteiger charge is -2.16. The highest BCUT2D eigenvalue weighted by molar-refractivity contribution is 6.20. The van der Waals surface area contributed by atoms with Crippen LogP contribution in [-0.2, 0) is 12.8 Å². The standard InChI is InChI=1S/C34H21N/c1-4-10-23-20(7-1)17-29-25(23)13-15-27-32-19-22-9-3-6-12-31(22)35(32)34-28(33(27)29)16-14-26-24-11-5-2-8-21(24)18-30(26)34/h1-16,19H,17-18H2. The van der Waals surface area contributed by atoms with E-state index in [0.717, 1.165) is 12.8 Å². The van der Waals surface area contributed by atoms with Crippen molar-refractivity contribution < 1.29 is 0 Å². The van der Waals surface area contributed by atoms with Gasteiger partial charge in [-0.15, -0.1) is 0 Å². The van der Waals surface area contributed by atoms with E-state index in [1.54, 1.807) is 0 Å². The van der Waals surface area contributed by atoms with Gasteiger partial charge in [0, 0.05) is 22.6 Å². The van der Waals surface area contributed by atoms with Crippen molar-refractivity contribution in [1.82, 2.24) is 4.40 Å². The van der Waals surface area contributed by atoms with Gasteiger partial charge in [-0.05, 0) is 68.4 Å². The predicted octanol–water partition coefficient (Wildman–Crippen LogP) is 8.54. The summed E-state index contributed by atoms with van der Waals surface area (Å²) in [6, 6.07) is 38.6. The molecule has 0 spiro atoms. The molecule has 0 amide bonds. The molecule has 2 aliphatic carbocycles. The monoisotopic (exact) mass is 443 g/mol. The molecule has 9 rings (SSSR count). The Balaban J connectivity index is 1.54. The van der Waals surface area contributed by atoms with Crippen LogP contribution in [0.15, 0.2) is 103 Å². The van der Waals surface area contributed by atoms with Crippen LogP contribution in [-0.4, -0.2) is 4.40 Å². The molecule has 0 aliphatic heterocycles. The molecule has 0 fully saturated rings. The van der Waals surface area contributed by atoms with Gasteiger partial charge in [0.15, 0.2) is 0 Å². The number of para-hydroxylation sites is 1. The highest BCUT2D eigenvalue weighted by Crippen LogP contribution is 2.48. The van der Waals surface area contributed by atoms with E-state index in [2.05, 4.69) is 108 Å². The van der Waals surface area contributed by atoms with Crippen LogP contribution in [0.3, 0.4) is 0 Å². The fourth-order valence-electron chi connectivity index (χ4n) is 6.98. The fraction of sp³-hybridized carbons (Fsp3) is 0.0588. The fourth-order valence-corrected chi connectivity index (χ4v) is 6.98. The number of aromatic nitrogens is 1. The van der Waals surface area contributed by atoms with E-state index in [-0.39, 0.29) is 0 Å². The van der Waals surface area contributed by atoms with Crippen molar-refractivity contribution in [2.45, 2.75) is 12.8 Å². The van der Waals surface area contributed by atoms with Crippen LogP contribution in [0.4, 0.5) is 0 Å². The molecule has 0 radical (unpaired) electrons. The molecular formula is C34H21N. The number of fused-ring (bicyclic) bond motifs is 16. The average molecular weight is 444 g/mol. The van der Waals surface area contributed by atoms with Gasteiger partial charge >= 0.3 is 0 Å². The molecule has 2 aromatic heterocycles. The van der Waals surface area contributed by atoms with Crippen LogP contribution in [0.2, 0.25) is 0 Å². The normalized spacial score (nSPS) is 13.5. The Labute approximate surface area is 202 Å². The summed E-state index contributed by atoms with van der Waals surface area (Å²) in [5, 5.41) is 5.47. The van der Waals surface area contributed by atoms with Gasteiger partial charge in [0.1, 0.15) is 0 Å². The molecule has 0 N–H and O–H groups in total. The third-order valence-corrected chi connectivity index (χ3v) is 8.42. The van der Waals surface area contributed by atoms with Crippen LogP contribution in [0.1, 0.15) is 22.3 Å². The maximum Gasteiger partial charge on any atom is 0.0582 e. The van der Waals surface area contributed by atoms with Crippen molar-refractivity contribution in [2.75, 3.05) is 0 Å². The van der Waals surface area contributed by atoms with Crippen LogP contribution in [0.5, 0.6) is 0 Å². The summed E-state index contributed by atoms with van der Waals surface area (Å²) in [4.78, 5) is 0. The van der Waals surface area contributed by atoms with Crippen LogP contribution in [0.25, 0.3) is 60.3 Å². The van der Waals surface area contributed by atoms with Crippen molar-refractivity contribution in [3.05, 3.63) is 125 Å². The van der Waals surface area contributed by atoms with Crippen LogP contribution in [0, 0.1) is 0 Å². The zero-order valence-corrected chi connectivity index (χ0v) is 19.2. The second kappa shape index (κ2) is 6.20. The lowest BCUT2D eigenvalue weighted by atomic mass is 9.93. The minimum Gasteiger partial charge on any atom is -0.308 e. The summed E-state index contributed by atoms with van der Waals surface area (Å²) in [5.41, 5.74) is 15.4. The maximum absolute atomic E-state index is 2.55. The highest BCUT2D eigenvalue weighted by Gasteiger charge is 2.27. The minimum atomic E-state index is 0.991. The van der Waals surface area contributed by atoms with E-state index >= 15 is 0 Å². The molecule has 0 saturated heterocycles. The largest absolute Gasteiger partial charge is 0.308 e. The number of pyridine rings is 1. The van der Waals surface area contributed by atoms with E-state index in [1.165, 1.54) is 82.6 Å². The molecule has 0 unspecified atom stereocenters. The molecule has 0 atom stereocenters. The first kappa shape index (κ1) is 18.0. The zero-order valence-electron chi connectivity index (χ0n) is 19.2. The Hall–Kier alpha value is -4.36. The second-order valence-corrected chi connectivity index (χ2v) is 10.1. The van der Waals surface area contributed by atoms with Crippen LogP contribution >= 0.6 is 0 Å². The number of rotatable bonds is 0. The van der Waals surface area contributed by atoms with Crippen molar-refractivity contribution in [3.8, 4) is 22.3 Å². The summed E-state index contributed by atoms with van der Waals surface area (Å²) < 4.78 is 2.55. The van der Waals surface area contributed by atoms with E-state index in [1.807, 2.05) is 0 Å². The Morgan fingerprint density at radius 2 is 1.11 bits per heavy atom. The van der Waals surface area contributed by atoms with E-state index in [4.69, 9.17) is 0 Å². The Morgan fingerprint density at radius 1 is 0.486 bits per heavy atom. The van der Waals surface area contributed by atoms with Gasteiger partial charge in [0.2, 0.25) is 0 Å². The molecule has 5 aromatic carbocycles. The van der Waals surface area contributed by atoms with Gasteiger partial charge in [-0.2, -0.15) is 0 Å². The summed E-state index contributed by atoms with van der Waals surface area (Å²) in [7, 11) is 0. The van der Waals surface area contributed by atoms with Gasteiger partial charge in [-0.1, -0.05) is 91.0 Å². The Morgan fingerprint density at radius 3 is 1.91 bits per heavy atom. The molecule has 0 bridgehead atoms. The van der Waals surface area contributed by atoms with Crippen LogP contribution < -0.4 is 0 Å². The van der Waals surface area contributed by atoms with Gasteiger partial charge in [0.25, 0.3) is 0 Å². The Kier molecular flexibility index (Phi) is 3.19. The summed E-state index contributed by atoms with van der Waals surface area (Å²) in [6.45, 7) is 0. The van der Waals surface area contributed by atoms with E-state index < -0.39 is 0 Å². The first-order chi connectivity index (χ1) is 17.4. The summed E-state index contributed by atoms with van der Waals surface area (Å²) >= 11 is 0. The lowest BCUT2D eigenvalue weighted by Crippen LogP contribution is -1.97. The number of hydrogen-bond donors (Lipinski definition) is 0. The molecular weight excluding hydrogens is 422 g/mol. The molecule has 7 aromatic rings. The van der Waals surface area contributed by atoms with Gasteiger partial charge in [-0.3, -0.25) is 0 Å². The topological polar surface area (TPSA) is 4.41 Å². The van der Waals surface area contributed by atoms with Crippen molar-refractivity contribution in [2.24, 2.45) is 0 Å². The van der Waals surface area contributed by atoms with Gasteiger partial charge in [-0.25, -0.2) is 0 Å². The minimum absolute atomic E-state index is 0.991. The molecule has 162 valence electrons.